The predicted molar refractivity (Wildman–Crippen MR) is 103 cm³/mol. The lowest BCUT2D eigenvalue weighted by Crippen LogP contribution is -2.37. The van der Waals surface area contributed by atoms with E-state index < -0.39 is 18.0 Å². The fraction of sp³-hybridized carbons (Fsp3) is 0.318. The molecule has 0 bridgehead atoms. The van der Waals surface area contributed by atoms with E-state index in [2.05, 4.69) is 0 Å². The first-order valence-corrected chi connectivity index (χ1v) is 9.28. The Morgan fingerprint density at radius 2 is 1.89 bits per heavy atom. The molecule has 2 aromatic rings. The average Bonchev–Trinajstić information content (AvgIpc) is 3.19. The van der Waals surface area contributed by atoms with E-state index in [-0.39, 0.29) is 12.6 Å². The highest BCUT2D eigenvalue weighted by atomic mass is 16.6. The maximum atomic E-state index is 12.5. The van der Waals surface area contributed by atoms with Crippen LogP contribution in [0.3, 0.4) is 0 Å². The molecule has 2 aromatic carbocycles. The van der Waals surface area contributed by atoms with Crippen LogP contribution in [0.1, 0.15) is 41.9 Å². The molecule has 0 spiro atoms. The van der Waals surface area contributed by atoms with Gasteiger partial charge >= 0.3 is 12.1 Å². The fourth-order valence-corrected chi connectivity index (χ4v) is 3.56. The minimum Gasteiger partial charge on any atom is -0.481 e. The van der Waals surface area contributed by atoms with Crippen LogP contribution in [0.25, 0.3) is 0 Å². The highest BCUT2D eigenvalue weighted by molar-refractivity contribution is 5.76. The van der Waals surface area contributed by atoms with Gasteiger partial charge in [-0.05, 0) is 42.5 Å². The number of benzene rings is 2. The SMILES string of the molecule is N#Cc1ccc(C(CC2CCCN2C(=O)OCc2ccccc2)C(=O)O)cc1. The van der Waals surface area contributed by atoms with E-state index in [1.165, 1.54) is 0 Å². The molecule has 0 saturated carbocycles. The molecular weight excluding hydrogens is 356 g/mol. The van der Waals surface area contributed by atoms with Crippen molar-refractivity contribution in [2.45, 2.75) is 37.8 Å². The zero-order valence-corrected chi connectivity index (χ0v) is 15.5. The van der Waals surface area contributed by atoms with Crippen molar-refractivity contribution in [2.75, 3.05) is 6.54 Å². The number of rotatable bonds is 6. The van der Waals surface area contributed by atoms with Gasteiger partial charge in [-0.25, -0.2) is 4.79 Å². The monoisotopic (exact) mass is 378 g/mol. The number of hydrogen-bond acceptors (Lipinski definition) is 4. The summed E-state index contributed by atoms with van der Waals surface area (Å²) < 4.78 is 5.42. The first-order valence-electron chi connectivity index (χ1n) is 9.28. The molecule has 6 heteroatoms. The number of likely N-dealkylation sites (tertiary alicyclic amines) is 1. The molecule has 1 amide bonds. The van der Waals surface area contributed by atoms with Gasteiger partial charge < -0.3 is 14.7 Å². The van der Waals surface area contributed by atoms with E-state index in [0.29, 0.717) is 24.1 Å². The Morgan fingerprint density at radius 1 is 1.18 bits per heavy atom. The predicted octanol–water partition coefficient (Wildman–Crippen LogP) is 3.92. The number of ether oxygens (including phenoxy) is 1. The molecule has 144 valence electrons. The van der Waals surface area contributed by atoms with E-state index in [9.17, 15) is 14.7 Å². The topological polar surface area (TPSA) is 90.6 Å². The molecule has 1 heterocycles. The number of nitrogens with zero attached hydrogens (tertiary/aromatic N) is 2. The molecule has 28 heavy (non-hydrogen) atoms. The van der Waals surface area contributed by atoms with Gasteiger partial charge in [0.2, 0.25) is 0 Å². The molecule has 1 N–H and O–H groups in total. The van der Waals surface area contributed by atoms with Crippen molar-refractivity contribution in [1.82, 2.24) is 4.90 Å². The van der Waals surface area contributed by atoms with Gasteiger partial charge in [-0.1, -0.05) is 42.5 Å². The zero-order valence-electron chi connectivity index (χ0n) is 15.5. The van der Waals surface area contributed by atoms with Gasteiger partial charge in [-0.2, -0.15) is 5.26 Å². The van der Waals surface area contributed by atoms with Crippen LogP contribution < -0.4 is 0 Å². The summed E-state index contributed by atoms with van der Waals surface area (Å²) in [6.45, 7) is 0.763. The third-order valence-electron chi connectivity index (χ3n) is 5.06. The van der Waals surface area contributed by atoms with Gasteiger partial charge in [0.25, 0.3) is 0 Å². The van der Waals surface area contributed by atoms with Gasteiger partial charge in [-0.15, -0.1) is 0 Å². The van der Waals surface area contributed by atoms with Crippen LogP contribution in [0.15, 0.2) is 54.6 Å². The number of hydrogen-bond donors (Lipinski definition) is 1. The van der Waals surface area contributed by atoms with Crippen molar-refractivity contribution >= 4 is 12.1 Å². The van der Waals surface area contributed by atoms with E-state index in [4.69, 9.17) is 10.00 Å². The molecule has 2 atom stereocenters. The van der Waals surface area contributed by atoms with Gasteiger partial charge in [0.05, 0.1) is 17.6 Å². The van der Waals surface area contributed by atoms with E-state index in [1.54, 1.807) is 29.2 Å². The summed E-state index contributed by atoms with van der Waals surface area (Å²) in [5.41, 5.74) is 2.03. The number of carbonyl (C=O) groups is 2. The van der Waals surface area contributed by atoms with Gasteiger partial charge in [-0.3, -0.25) is 4.79 Å². The summed E-state index contributed by atoms with van der Waals surface area (Å²) in [4.78, 5) is 26.0. The van der Waals surface area contributed by atoms with Crippen LogP contribution in [0, 0.1) is 11.3 Å². The fourth-order valence-electron chi connectivity index (χ4n) is 3.56. The molecule has 3 rings (SSSR count). The Morgan fingerprint density at radius 3 is 2.54 bits per heavy atom. The van der Waals surface area contributed by atoms with Crippen molar-refractivity contribution in [1.29, 1.82) is 5.26 Å². The largest absolute Gasteiger partial charge is 0.481 e. The first kappa shape index (κ1) is 19.4. The number of carboxylic acids is 1. The van der Waals surface area contributed by atoms with Crippen LogP contribution >= 0.6 is 0 Å². The number of amides is 1. The molecular formula is C22H22N2O4. The number of carboxylic acid groups (broad SMARTS) is 1. The molecule has 0 aromatic heterocycles. The average molecular weight is 378 g/mol. The second kappa shape index (κ2) is 9.05. The summed E-state index contributed by atoms with van der Waals surface area (Å²) in [5.74, 6) is -1.67. The van der Waals surface area contributed by atoms with E-state index in [0.717, 1.165) is 18.4 Å². The summed E-state index contributed by atoms with van der Waals surface area (Å²) in [6.07, 6.45) is 1.49. The Balaban J connectivity index is 1.65. The number of aliphatic carboxylic acids is 1. The van der Waals surface area contributed by atoms with Crippen molar-refractivity contribution in [2.24, 2.45) is 0 Å². The quantitative estimate of drug-likeness (QED) is 0.823. The lowest BCUT2D eigenvalue weighted by Gasteiger charge is -2.26. The highest BCUT2D eigenvalue weighted by Gasteiger charge is 2.34. The third kappa shape index (κ3) is 4.68. The molecule has 1 saturated heterocycles. The highest BCUT2D eigenvalue weighted by Crippen LogP contribution is 2.30. The van der Waals surface area contributed by atoms with Crippen molar-refractivity contribution in [3.63, 3.8) is 0 Å². The smallest absolute Gasteiger partial charge is 0.410 e. The molecule has 6 nitrogen and oxygen atoms in total. The summed E-state index contributed by atoms with van der Waals surface area (Å²) in [6, 6.07) is 17.9. The molecule has 1 fully saturated rings. The molecule has 2 unspecified atom stereocenters. The van der Waals surface area contributed by atoms with Crippen LogP contribution in [0.2, 0.25) is 0 Å². The molecule has 0 aliphatic carbocycles. The van der Waals surface area contributed by atoms with Crippen molar-refractivity contribution in [3.8, 4) is 6.07 Å². The van der Waals surface area contributed by atoms with Crippen LogP contribution in [0.4, 0.5) is 4.79 Å². The minimum atomic E-state index is -0.936. The van der Waals surface area contributed by atoms with Gasteiger partial charge in [0.15, 0.2) is 0 Å². The second-order valence-electron chi connectivity index (χ2n) is 6.89. The Bertz CT molecular complexity index is 858. The summed E-state index contributed by atoms with van der Waals surface area (Å²) in [5, 5.41) is 18.6. The first-order chi connectivity index (χ1) is 13.6. The Hall–Kier alpha value is -3.33. The minimum absolute atomic E-state index is 0.181. The van der Waals surface area contributed by atoms with Crippen molar-refractivity contribution < 1.29 is 19.4 Å². The lowest BCUT2D eigenvalue weighted by atomic mass is 9.91. The van der Waals surface area contributed by atoms with Gasteiger partial charge in [0, 0.05) is 12.6 Å². The van der Waals surface area contributed by atoms with Crippen LogP contribution in [-0.4, -0.2) is 34.7 Å². The Kier molecular flexibility index (Phi) is 6.28. The maximum Gasteiger partial charge on any atom is 0.410 e. The summed E-state index contributed by atoms with van der Waals surface area (Å²) in [7, 11) is 0. The van der Waals surface area contributed by atoms with Crippen LogP contribution in [-0.2, 0) is 16.1 Å². The zero-order chi connectivity index (χ0) is 19.9. The Labute approximate surface area is 164 Å². The summed E-state index contributed by atoms with van der Waals surface area (Å²) >= 11 is 0. The molecule has 0 radical (unpaired) electrons. The van der Waals surface area contributed by atoms with Crippen molar-refractivity contribution in [3.05, 3.63) is 71.3 Å². The van der Waals surface area contributed by atoms with E-state index >= 15 is 0 Å². The van der Waals surface area contributed by atoms with E-state index in [1.807, 2.05) is 36.4 Å². The molecule has 1 aliphatic heterocycles. The second-order valence-corrected chi connectivity index (χ2v) is 6.89. The third-order valence-corrected chi connectivity index (χ3v) is 5.06. The number of nitriles is 1. The standard InChI is InChI=1S/C22H22N2O4/c23-14-16-8-10-18(11-9-16)20(21(25)26)13-19-7-4-12-24(19)22(27)28-15-17-5-2-1-3-6-17/h1-3,5-6,8-11,19-20H,4,7,12-13,15H2,(H,25,26). The maximum absolute atomic E-state index is 12.5. The molecule has 1 aliphatic rings. The lowest BCUT2D eigenvalue weighted by molar-refractivity contribution is -0.139. The number of carbonyl (C=O) groups excluding carboxylic acids is 1. The van der Waals surface area contributed by atoms with Gasteiger partial charge in [0.1, 0.15) is 6.61 Å². The normalized spacial score (nSPS) is 17.0. The van der Waals surface area contributed by atoms with Crippen LogP contribution in [0.5, 0.6) is 0 Å².